The standard InChI is InChI=1S/C26H31F4NO7/c1-2-36-23(24(32)33)16-19-6-10-22(11-7-19)37-15-13-31(25(34)38-18-26(28,29)30)12-3-14-35-17-20-4-8-21(27)9-5-20/h4-11,23H,2-3,12-18H2,1H3,(H,32,33). The number of nitrogens with zero attached hydrogens (tertiary/aromatic N) is 1. The van der Waals surface area contributed by atoms with Crippen LogP contribution in [0.2, 0.25) is 0 Å². The third-order valence-electron chi connectivity index (χ3n) is 5.13. The number of rotatable bonds is 16. The van der Waals surface area contributed by atoms with Gasteiger partial charge in [-0.25, -0.2) is 14.0 Å². The maximum atomic E-state index is 13.0. The Balaban J connectivity index is 1.83. The van der Waals surface area contributed by atoms with E-state index in [-0.39, 0.29) is 51.8 Å². The number of halogens is 4. The van der Waals surface area contributed by atoms with Crippen molar-refractivity contribution >= 4 is 12.1 Å². The number of benzene rings is 2. The lowest BCUT2D eigenvalue weighted by atomic mass is 10.1. The normalized spacial score (nSPS) is 12.1. The van der Waals surface area contributed by atoms with Crippen molar-refractivity contribution in [2.24, 2.45) is 0 Å². The first kappa shape index (κ1) is 30.8. The Morgan fingerprint density at radius 3 is 2.24 bits per heavy atom. The van der Waals surface area contributed by atoms with E-state index < -0.39 is 30.9 Å². The SMILES string of the molecule is CCOC(Cc1ccc(OCCN(CCCOCc2ccc(F)cc2)C(=O)OCC(F)(F)F)cc1)C(=O)O. The maximum Gasteiger partial charge on any atom is 0.422 e. The molecule has 0 bridgehead atoms. The first-order valence-electron chi connectivity index (χ1n) is 11.9. The van der Waals surface area contributed by atoms with Crippen LogP contribution in [0.5, 0.6) is 5.75 Å². The Labute approximate surface area is 218 Å². The molecular formula is C26H31F4NO7. The van der Waals surface area contributed by atoms with E-state index in [4.69, 9.17) is 14.2 Å². The predicted octanol–water partition coefficient (Wildman–Crippen LogP) is 4.84. The van der Waals surface area contributed by atoms with E-state index in [1.54, 1.807) is 43.3 Å². The summed E-state index contributed by atoms with van der Waals surface area (Å²) in [7, 11) is 0. The summed E-state index contributed by atoms with van der Waals surface area (Å²) in [6.45, 7) is 0.699. The molecule has 0 fully saturated rings. The Hall–Kier alpha value is -3.38. The van der Waals surface area contributed by atoms with Gasteiger partial charge in [0.1, 0.15) is 18.2 Å². The molecule has 0 heterocycles. The maximum absolute atomic E-state index is 13.0. The van der Waals surface area contributed by atoms with Gasteiger partial charge in [-0.15, -0.1) is 0 Å². The second-order valence-corrected chi connectivity index (χ2v) is 8.17. The van der Waals surface area contributed by atoms with Crippen molar-refractivity contribution in [1.29, 1.82) is 0 Å². The van der Waals surface area contributed by atoms with Crippen LogP contribution in [-0.4, -0.2) is 73.9 Å². The van der Waals surface area contributed by atoms with Crippen molar-refractivity contribution in [3.8, 4) is 5.75 Å². The van der Waals surface area contributed by atoms with Crippen LogP contribution in [0.15, 0.2) is 48.5 Å². The average Bonchev–Trinajstić information content (AvgIpc) is 2.87. The van der Waals surface area contributed by atoms with Gasteiger partial charge in [0.05, 0.1) is 13.2 Å². The molecule has 210 valence electrons. The molecule has 1 unspecified atom stereocenters. The highest BCUT2D eigenvalue weighted by atomic mass is 19.4. The second kappa shape index (κ2) is 15.8. The third-order valence-corrected chi connectivity index (χ3v) is 5.13. The van der Waals surface area contributed by atoms with Crippen molar-refractivity contribution in [3.63, 3.8) is 0 Å². The molecule has 0 aliphatic carbocycles. The largest absolute Gasteiger partial charge is 0.492 e. The van der Waals surface area contributed by atoms with Crippen LogP contribution < -0.4 is 4.74 Å². The molecule has 0 radical (unpaired) electrons. The third kappa shape index (κ3) is 12.2. The van der Waals surface area contributed by atoms with Crippen molar-refractivity contribution in [3.05, 3.63) is 65.5 Å². The number of carbonyl (C=O) groups is 2. The molecule has 0 aliphatic heterocycles. The number of amides is 1. The van der Waals surface area contributed by atoms with Crippen molar-refractivity contribution < 1.29 is 51.2 Å². The minimum Gasteiger partial charge on any atom is -0.492 e. The number of carboxylic acid groups (broad SMARTS) is 1. The number of carbonyl (C=O) groups excluding carboxylic acids is 1. The van der Waals surface area contributed by atoms with Crippen molar-refractivity contribution in [2.45, 2.75) is 38.7 Å². The van der Waals surface area contributed by atoms with Gasteiger partial charge in [-0.2, -0.15) is 13.2 Å². The van der Waals surface area contributed by atoms with E-state index in [1.807, 2.05) is 0 Å². The molecule has 0 saturated carbocycles. The molecule has 38 heavy (non-hydrogen) atoms. The molecule has 0 aliphatic rings. The monoisotopic (exact) mass is 545 g/mol. The summed E-state index contributed by atoms with van der Waals surface area (Å²) in [6, 6.07) is 12.4. The Bertz CT molecular complexity index is 985. The number of hydrogen-bond acceptors (Lipinski definition) is 6. The van der Waals surface area contributed by atoms with Gasteiger partial charge in [0.2, 0.25) is 0 Å². The fourth-order valence-corrected chi connectivity index (χ4v) is 3.29. The lowest BCUT2D eigenvalue weighted by Crippen LogP contribution is -2.38. The molecule has 1 N–H and O–H groups in total. The number of alkyl halides is 3. The van der Waals surface area contributed by atoms with Gasteiger partial charge in [-0.1, -0.05) is 24.3 Å². The van der Waals surface area contributed by atoms with Gasteiger partial charge in [0.25, 0.3) is 0 Å². The highest BCUT2D eigenvalue weighted by Crippen LogP contribution is 2.17. The van der Waals surface area contributed by atoms with Gasteiger partial charge in [-0.05, 0) is 48.7 Å². The Morgan fingerprint density at radius 2 is 1.63 bits per heavy atom. The molecule has 0 spiro atoms. The van der Waals surface area contributed by atoms with Crippen LogP contribution in [0.3, 0.4) is 0 Å². The van der Waals surface area contributed by atoms with Crippen LogP contribution in [0.1, 0.15) is 24.5 Å². The van der Waals surface area contributed by atoms with Gasteiger partial charge in [-0.3, -0.25) is 0 Å². The molecule has 1 atom stereocenters. The summed E-state index contributed by atoms with van der Waals surface area (Å²) in [6.07, 6.45) is -6.26. The zero-order chi connectivity index (χ0) is 28.0. The first-order chi connectivity index (χ1) is 18.1. The second-order valence-electron chi connectivity index (χ2n) is 8.17. The summed E-state index contributed by atoms with van der Waals surface area (Å²) in [4.78, 5) is 24.6. The Morgan fingerprint density at radius 1 is 0.974 bits per heavy atom. The average molecular weight is 546 g/mol. The highest BCUT2D eigenvalue weighted by Gasteiger charge is 2.30. The summed E-state index contributed by atoms with van der Waals surface area (Å²) in [5.41, 5.74) is 1.47. The van der Waals surface area contributed by atoms with Crippen molar-refractivity contribution in [1.82, 2.24) is 4.90 Å². The summed E-state index contributed by atoms with van der Waals surface area (Å²) >= 11 is 0. The summed E-state index contributed by atoms with van der Waals surface area (Å²) < 4.78 is 71.1. The van der Waals surface area contributed by atoms with Gasteiger partial charge in [0, 0.05) is 26.2 Å². The Kier molecular flexibility index (Phi) is 12.8. The lowest BCUT2D eigenvalue weighted by Gasteiger charge is -2.22. The number of aliphatic carboxylic acids is 1. The summed E-state index contributed by atoms with van der Waals surface area (Å²) in [5.74, 6) is -0.998. The van der Waals surface area contributed by atoms with Crippen LogP contribution in [0, 0.1) is 5.82 Å². The highest BCUT2D eigenvalue weighted by molar-refractivity contribution is 5.72. The van der Waals surface area contributed by atoms with Gasteiger partial charge >= 0.3 is 18.2 Å². The zero-order valence-corrected chi connectivity index (χ0v) is 20.9. The molecule has 0 saturated heterocycles. The summed E-state index contributed by atoms with van der Waals surface area (Å²) in [5, 5.41) is 9.19. The van der Waals surface area contributed by atoms with E-state index in [2.05, 4.69) is 4.74 Å². The van der Waals surface area contributed by atoms with Crippen molar-refractivity contribution in [2.75, 3.05) is 39.5 Å². The van der Waals surface area contributed by atoms with E-state index >= 15 is 0 Å². The first-order valence-corrected chi connectivity index (χ1v) is 11.9. The van der Waals surface area contributed by atoms with Crippen LogP contribution in [-0.2, 0) is 32.0 Å². The smallest absolute Gasteiger partial charge is 0.422 e. The lowest BCUT2D eigenvalue weighted by molar-refractivity contribution is -0.162. The minimum absolute atomic E-state index is 0.0202. The van der Waals surface area contributed by atoms with Crippen LogP contribution in [0.4, 0.5) is 22.4 Å². The molecule has 1 amide bonds. The van der Waals surface area contributed by atoms with Gasteiger partial charge in [0.15, 0.2) is 12.7 Å². The minimum atomic E-state index is -4.65. The fourth-order valence-electron chi connectivity index (χ4n) is 3.29. The van der Waals surface area contributed by atoms with E-state index in [9.17, 15) is 32.3 Å². The molecule has 8 nitrogen and oxygen atoms in total. The zero-order valence-electron chi connectivity index (χ0n) is 20.9. The molecule has 2 aromatic carbocycles. The molecular weight excluding hydrogens is 514 g/mol. The van der Waals surface area contributed by atoms with E-state index in [1.165, 1.54) is 12.1 Å². The van der Waals surface area contributed by atoms with E-state index in [0.717, 1.165) is 16.0 Å². The molecule has 12 heteroatoms. The molecule has 2 aromatic rings. The van der Waals surface area contributed by atoms with E-state index in [0.29, 0.717) is 12.2 Å². The predicted molar refractivity (Wildman–Crippen MR) is 128 cm³/mol. The number of ether oxygens (including phenoxy) is 4. The quantitative estimate of drug-likeness (QED) is 0.238. The molecule has 2 rings (SSSR count). The van der Waals surface area contributed by atoms with Crippen LogP contribution >= 0.6 is 0 Å². The van der Waals surface area contributed by atoms with Gasteiger partial charge < -0.3 is 29.0 Å². The van der Waals surface area contributed by atoms with Crippen LogP contribution in [0.25, 0.3) is 0 Å². The number of carboxylic acids is 1. The topological polar surface area (TPSA) is 94.5 Å². The number of hydrogen-bond donors (Lipinski definition) is 1. The fraction of sp³-hybridized carbons (Fsp3) is 0.462. The molecule has 0 aromatic heterocycles.